The quantitative estimate of drug-likeness (QED) is 0.633. The molecule has 1 aliphatic rings. The van der Waals surface area contributed by atoms with E-state index >= 15 is 0 Å². The summed E-state index contributed by atoms with van der Waals surface area (Å²) in [6.07, 6.45) is 0.513. The molecule has 25 heavy (non-hydrogen) atoms. The van der Waals surface area contributed by atoms with E-state index in [2.05, 4.69) is 5.10 Å². The number of benzene rings is 3. The standard InChI is InChI=1S/C21H16F2N2/c22-16-11-12-19(23)18(13-16)20-14-21(15-7-3-1-4-8-15)25(24-20)17-9-5-2-6-10-17/h1-13,21H,14H2/t21-/m0/s1. The molecule has 4 heteroatoms. The SMILES string of the molecule is Fc1ccc(F)c(C2=NN(c3ccccc3)[C@H](c3ccccc3)C2)c1. The molecule has 1 heterocycles. The van der Waals surface area contributed by atoms with Crippen molar-refractivity contribution in [2.45, 2.75) is 12.5 Å². The number of anilines is 1. The van der Waals surface area contributed by atoms with Gasteiger partial charge in [-0.1, -0.05) is 48.5 Å². The summed E-state index contributed by atoms with van der Waals surface area (Å²) in [5.74, 6) is -0.921. The van der Waals surface area contributed by atoms with E-state index in [0.29, 0.717) is 12.1 Å². The zero-order chi connectivity index (χ0) is 17.2. The highest BCUT2D eigenvalue weighted by atomic mass is 19.1. The minimum Gasteiger partial charge on any atom is -0.257 e. The number of hydrogen-bond donors (Lipinski definition) is 0. The Bertz CT molecular complexity index is 908. The van der Waals surface area contributed by atoms with Gasteiger partial charge in [0, 0.05) is 12.0 Å². The molecule has 0 bridgehead atoms. The van der Waals surface area contributed by atoms with E-state index < -0.39 is 11.6 Å². The first-order chi connectivity index (χ1) is 12.2. The predicted molar refractivity (Wildman–Crippen MR) is 95.6 cm³/mol. The van der Waals surface area contributed by atoms with Crippen LogP contribution in [0.25, 0.3) is 0 Å². The number of hydrogen-bond acceptors (Lipinski definition) is 2. The van der Waals surface area contributed by atoms with Crippen LogP contribution in [0.1, 0.15) is 23.6 Å². The van der Waals surface area contributed by atoms with Crippen LogP contribution >= 0.6 is 0 Å². The van der Waals surface area contributed by atoms with E-state index in [0.717, 1.165) is 23.4 Å². The number of halogens is 2. The van der Waals surface area contributed by atoms with Gasteiger partial charge in [0.2, 0.25) is 0 Å². The van der Waals surface area contributed by atoms with Gasteiger partial charge in [-0.05, 0) is 35.9 Å². The summed E-state index contributed by atoms with van der Waals surface area (Å²) in [6.45, 7) is 0. The van der Waals surface area contributed by atoms with Crippen LogP contribution in [0.2, 0.25) is 0 Å². The molecule has 1 aliphatic heterocycles. The van der Waals surface area contributed by atoms with Crippen LogP contribution in [-0.2, 0) is 0 Å². The Morgan fingerprint density at radius 1 is 0.840 bits per heavy atom. The fraction of sp³-hybridized carbons (Fsp3) is 0.0952. The molecule has 1 atom stereocenters. The van der Waals surface area contributed by atoms with Gasteiger partial charge in [-0.2, -0.15) is 5.10 Å². The van der Waals surface area contributed by atoms with Crippen LogP contribution in [0, 0.1) is 11.6 Å². The highest BCUT2D eigenvalue weighted by Gasteiger charge is 2.30. The summed E-state index contributed by atoms with van der Waals surface area (Å²) in [7, 11) is 0. The van der Waals surface area contributed by atoms with E-state index in [1.807, 2.05) is 65.7 Å². The van der Waals surface area contributed by atoms with Crippen molar-refractivity contribution in [3.8, 4) is 0 Å². The summed E-state index contributed by atoms with van der Waals surface area (Å²) in [5, 5.41) is 6.52. The van der Waals surface area contributed by atoms with Crippen LogP contribution in [0.3, 0.4) is 0 Å². The number of rotatable bonds is 3. The maximum atomic E-state index is 14.2. The first-order valence-corrected chi connectivity index (χ1v) is 8.14. The molecule has 4 rings (SSSR count). The molecule has 0 fully saturated rings. The van der Waals surface area contributed by atoms with Crippen molar-refractivity contribution < 1.29 is 8.78 Å². The summed E-state index contributed by atoms with van der Waals surface area (Å²) in [4.78, 5) is 0. The van der Waals surface area contributed by atoms with E-state index in [1.165, 1.54) is 6.07 Å². The Morgan fingerprint density at radius 2 is 1.52 bits per heavy atom. The topological polar surface area (TPSA) is 15.6 Å². The first kappa shape index (κ1) is 15.5. The molecule has 0 radical (unpaired) electrons. The monoisotopic (exact) mass is 334 g/mol. The Hall–Kier alpha value is -3.01. The molecular weight excluding hydrogens is 318 g/mol. The van der Waals surface area contributed by atoms with Crippen molar-refractivity contribution in [3.63, 3.8) is 0 Å². The van der Waals surface area contributed by atoms with Gasteiger partial charge in [0.25, 0.3) is 0 Å². The third-order valence-corrected chi connectivity index (χ3v) is 4.35. The van der Waals surface area contributed by atoms with E-state index in [1.54, 1.807) is 0 Å². The average Bonchev–Trinajstić information content (AvgIpc) is 3.10. The molecule has 0 N–H and O–H groups in total. The van der Waals surface area contributed by atoms with Crippen molar-refractivity contribution in [1.29, 1.82) is 0 Å². The van der Waals surface area contributed by atoms with Crippen molar-refractivity contribution in [2.75, 3.05) is 5.01 Å². The van der Waals surface area contributed by atoms with Gasteiger partial charge < -0.3 is 0 Å². The van der Waals surface area contributed by atoms with Crippen molar-refractivity contribution in [2.24, 2.45) is 5.10 Å². The Kier molecular flexibility index (Phi) is 4.02. The first-order valence-electron chi connectivity index (χ1n) is 8.14. The third-order valence-electron chi connectivity index (χ3n) is 4.35. The second-order valence-electron chi connectivity index (χ2n) is 5.98. The lowest BCUT2D eigenvalue weighted by Gasteiger charge is -2.23. The highest BCUT2D eigenvalue weighted by molar-refractivity contribution is 6.03. The molecule has 0 saturated heterocycles. The second-order valence-corrected chi connectivity index (χ2v) is 5.98. The van der Waals surface area contributed by atoms with Gasteiger partial charge in [0.1, 0.15) is 11.6 Å². The zero-order valence-corrected chi connectivity index (χ0v) is 13.4. The Morgan fingerprint density at radius 3 is 2.24 bits per heavy atom. The molecule has 0 aliphatic carbocycles. The lowest BCUT2D eigenvalue weighted by Crippen LogP contribution is -2.18. The van der Waals surface area contributed by atoms with Crippen LogP contribution in [0.5, 0.6) is 0 Å². The predicted octanol–water partition coefficient (Wildman–Crippen LogP) is 5.32. The molecule has 3 aromatic rings. The van der Waals surface area contributed by atoms with Gasteiger partial charge in [-0.15, -0.1) is 0 Å². The summed E-state index contributed by atoms with van der Waals surface area (Å²) in [5.41, 5.74) is 2.78. The lowest BCUT2D eigenvalue weighted by atomic mass is 9.98. The Balaban J connectivity index is 1.79. The lowest BCUT2D eigenvalue weighted by molar-refractivity contribution is 0.597. The minimum absolute atomic E-state index is 0.0544. The van der Waals surface area contributed by atoms with Crippen LogP contribution in [0.15, 0.2) is 84.0 Å². The third kappa shape index (κ3) is 3.03. The number of hydrazone groups is 1. The fourth-order valence-electron chi connectivity index (χ4n) is 3.15. The maximum absolute atomic E-state index is 14.2. The zero-order valence-electron chi connectivity index (χ0n) is 13.4. The highest BCUT2D eigenvalue weighted by Crippen LogP contribution is 2.36. The molecule has 0 saturated carbocycles. The average molecular weight is 334 g/mol. The number of nitrogens with zero attached hydrogens (tertiary/aromatic N) is 2. The van der Waals surface area contributed by atoms with E-state index in [4.69, 9.17) is 0 Å². The maximum Gasteiger partial charge on any atom is 0.132 e. The van der Waals surface area contributed by atoms with Gasteiger partial charge in [0.05, 0.1) is 17.4 Å². The number of para-hydroxylation sites is 1. The van der Waals surface area contributed by atoms with E-state index in [-0.39, 0.29) is 11.6 Å². The summed E-state index contributed by atoms with van der Waals surface area (Å²) >= 11 is 0. The van der Waals surface area contributed by atoms with Crippen LogP contribution in [0.4, 0.5) is 14.5 Å². The van der Waals surface area contributed by atoms with Gasteiger partial charge >= 0.3 is 0 Å². The van der Waals surface area contributed by atoms with Crippen LogP contribution < -0.4 is 5.01 Å². The van der Waals surface area contributed by atoms with Crippen molar-refractivity contribution in [3.05, 3.63) is 102 Å². The molecule has 3 aromatic carbocycles. The summed E-state index contributed by atoms with van der Waals surface area (Å²) in [6, 6.07) is 23.1. The molecule has 0 spiro atoms. The van der Waals surface area contributed by atoms with Crippen LogP contribution in [-0.4, -0.2) is 5.71 Å². The Labute approximate surface area is 145 Å². The minimum atomic E-state index is -0.464. The normalized spacial score (nSPS) is 16.8. The molecular formula is C21H16F2N2. The molecule has 124 valence electrons. The van der Waals surface area contributed by atoms with Gasteiger partial charge in [-0.25, -0.2) is 8.78 Å². The molecule has 2 nitrogen and oxygen atoms in total. The fourth-order valence-corrected chi connectivity index (χ4v) is 3.15. The second kappa shape index (κ2) is 6.48. The van der Waals surface area contributed by atoms with Crippen molar-refractivity contribution in [1.82, 2.24) is 0 Å². The molecule has 0 aromatic heterocycles. The largest absolute Gasteiger partial charge is 0.257 e. The molecule has 0 amide bonds. The molecule has 0 unspecified atom stereocenters. The van der Waals surface area contributed by atoms with E-state index in [9.17, 15) is 8.78 Å². The van der Waals surface area contributed by atoms with Crippen molar-refractivity contribution >= 4 is 11.4 Å². The smallest absolute Gasteiger partial charge is 0.132 e. The summed E-state index contributed by atoms with van der Waals surface area (Å²) < 4.78 is 27.8. The van der Waals surface area contributed by atoms with Gasteiger partial charge in [-0.3, -0.25) is 5.01 Å². The van der Waals surface area contributed by atoms with Gasteiger partial charge in [0.15, 0.2) is 0 Å².